The van der Waals surface area contributed by atoms with Crippen molar-refractivity contribution in [3.8, 4) is 0 Å². The summed E-state index contributed by atoms with van der Waals surface area (Å²) < 4.78 is 23.2. The second kappa shape index (κ2) is 23.4. The van der Waals surface area contributed by atoms with Crippen LogP contribution in [0.2, 0.25) is 0 Å². The van der Waals surface area contributed by atoms with E-state index in [1.807, 2.05) is 27.2 Å². The van der Waals surface area contributed by atoms with E-state index in [0.717, 1.165) is 51.4 Å². The topological polar surface area (TPSA) is 105 Å². The number of phosphoric ester groups is 1. The van der Waals surface area contributed by atoms with Crippen molar-refractivity contribution in [2.45, 2.75) is 109 Å². The Hall–Kier alpha value is -1.28. The molecule has 0 aliphatic rings. The summed E-state index contributed by atoms with van der Waals surface area (Å²) >= 11 is 0. The highest BCUT2D eigenvalue weighted by Gasteiger charge is 2.27. The number of quaternary nitrogens is 1. The number of rotatable bonds is 25. The predicted molar refractivity (Wildman–Crippen MR) is 161 cm³/mol. The van der Waals surface area contributed by atoms with Gasteiger partial charge in [-0.2, -0.15) is 0 Å². The molecule has 0 fully saturated rings. The monoisotopic (exact) mass is 573 g/mol. The molecule has 0 aromatic heterocycles. The number of aliphatic hydroxyl groups excluding tert-OH is 1. The van der Waals surface area contributed by atoms with Crippen molar-refractivity contribution in [1.82, 2.24) is 5.32 Å². The summed E-state index contributed by atoms with van der Waals surface area (Å²) in [7, 11) is 1.53. The van der Waals surface area contributed by atoms with Crippen molar-refractivity contribution >= 4 is 13.7 Å². The van der Waals surface area contributed by atoms with Crippen LogP contribution in [0, 0.1) is 0 Å². The smallest absolute Gasteiger partial charge is 0.387 e. The van der Waals surface area contributed by atoms with Crippen LogP contribution in [0.25, 0.3) is 0 Å². The molecule has 1 amide bonds. The van der Waals surface area contributed by atoms with Gasteiger partial charge in [-0.05, 0) is 38.5 Å². The molecule has 0 saturated carbocycles. The largest absolute Gasteiger partial charge is 0.472 e. The van der Waals surface area contributed by atoms with E-state index in [9.17, 15) is 19.4 Å². The van der Waals surface area contributed by atoms with Crippen molar-refractivity contribution in [3.63, 3.8) is 0 Å². The maximum absolute atomic E-state index is 12.6. The average Bonchev–Trinajstić information content (AvgIpc) is 2.86. The van der Waals surface area contributed by atoms with E-state index >= 15 is 0 Å². The van der Waals surface area contributed by atoms with Crippen molar-refractivity contribution in [2.24, 2.45) is 0 Å². The minimum Gasteiger partial charge on any atom is -0.387 e. The predicted octanol–water partition coefficient (Wildman–Crippen LogP) is 6.45. The van der Waals surface area contributed by atoms with E-state index in [1.54, 1.807) is 6.08 Å². The molecule has 0 aliphatic heterocycles. The molecule has 8 nitrogen and oxygen atoms in total. The van der Waals surface area contributed by atoms with E-state index < -0.39 is 20.0 Å². The van der Waals surface area contributed by atoms with Gasteiger partial charge in [0.25, 0.3) is 0 Å². The average molecular weight is 574 g/mol. The highest BCUT2D eigenvalue weighted by molar-refractivity contribution is 7.47. The Morgan fingerprint density at radius 2 is 1.44 bits per heavy atom. The molecule has 0 aromatic rings. The molecule has 0 radical (unpaired) electrons. The normalized spacial score (nSPS) is 15.8. The van der Waals surface area contributed by atoms with Crippen LogP contribution in [0.5, 0.6) is 0 Å². The number of amides is 1. The van der Waals surface area contributed by atoms with Crippen molar-refractivity contribution in [3.05, 3.63) is 36.5 Å². The summed E-state index contributed by atoms with van der Waals surface area (Å²) in [6.45, 7) is 4.55. The number of unbranched alkanes of at least 4 members (excludes halogenated alkanes) is 8. The molecule has 0 heterocycles. The van der Waals surface area contributed by atoms with Gasteiger partial charge < -0.3 is 19.8 Å². The van der Waals surface area contributed by atoms with Crippen LogP contribution in [-0.4, -0.2) is 73.4 Å². The lowest BCUT2D eigenvalue weighted by molar-refractivity contribution is -0.870. The Bertz CT molecular complexity index is 748. The fraction of sp³-hybridized carbons (Fsp3) is 0.767. The van der Waals surface area contributed by atoms with E-state index in [2.05, 4.69) is 43.5 Å². The maximum Gasteiger partial charge on any atom is 0.472 e. The standard InChI is InChI=1S/C30H57N2O6P/c1-6-8-10-12-14-15-16-18-19-21-23-29(33)28(27-38-39(35,36)37-26-25-32(3,4)5)31-30(34)24-22-20-17-13-11-9-7-2/h8,10,15-16,21,23,28-29,33H,6-7,9,11-14,17-20,22,24-27H2,1-5H3,(H-,31,34,35,36)/p+1/b10-8+,16-15+,23-21+. The molecule has 0 spiro atoms. The summed E-state index contributed by atoms with van der Waals surface area (Å²) in [6.07, 6.45) is 23.8. The first kappa shape index (κ1) is 37.7. The Morgan fingerprint density at radius 1 is 0.872 bits per heavy atom. The Balaban J connectivity index is 4.79. The van der Waals surface area contributed by atoms with Crippen LogP contribution >= 0.6 is 7.82 Å². The number of phosphoric acid groups is 1. The van der Waals surface area contributed by atoms with Crippen LogP contribution in [0.1, 0.15) is 97.3 Å². The molecule has 0 saturated heterocycles. The van der Waals surface area contributed by atoms with E-state index in [1.165, 1.54) is 25.7 Å². The lowest BCUT2D eigenvalue weighted by Crippen LogP contribution is -2.45. The van der Waals surface area contributed by atoms with Gasteiger partial charge in [0.1, 0.15) is 13.2 Å². The highest BCUT2D eigenvalue weighted by Crippen LogP contribution is 2.43. The number of allylic oxidation sites excluding steroid dienone is 5. The van der Waals surface area contributed by atoms with Crippen molar-refractivity contribution in [2.75, 3.05) is 40.9 Å². The van der Waals surface area contributed by atoms with Crippen LogP contribution in [-0.2, 0) is 18.4 Å². The molecule has 0 rings (SSSR count). The van der Waals surface area contributed by atoms with Gasteiger partial charge in [0.05, 0.1) is 39.9 Å². The first-order valence-corrected chi connectivity index (χ1v) is 16.4. The maximum atomic E-state index is 12.6. The number of aliphatic hydroxyl groups is 1. The summed E-state index contributed by atoms with van der Waals surface area (Å²) in [5, 5.41) is 13.5. The second-order valence-electron chi connectivity index (χ2n) is 11.1. The number of carbonyl (C=O) groups excluding carboxylic acids is 1. The van der Waals surface area contributed by atoms with Crippen LogP contribution in [0.15, 0.2) is 36.5 Å². The van der Waals surface area contributed by atoms with Crippen molar-refractivity contribution < 1.29 is 32.9 Å². The van der Waals surface area contributed by atoms with Gasteiger partial charge in [-0.15, -0.1) is 0 Å². The summed E-state index contributed by atoms with van der Waals surface area (Å²) in [6, 6.07) is -0.860. The molecular formula is C30H58N2O6P+. The first-order valence-electron chi connectivity index (χ1n) is 14.9. The Morgan fingerprint density at radius 3 is 2.03 bits per heavy atom. The van der Waals surface area contributed by atoms with Gasteiger partial charge >= 0.3 is 7.82 Å². The molecule has 3 N–H and O–H groups in total. The molecule has 3 atom stereocenters. The van der Waals surface area contributed by atoms with Gasteiger partial charge in [-0.25, -0.2) is 4.57 Å². The quantitative estimate of drug-likeness (QED) is 0.0502. The van der Waals surface area contributed by atoms with Crippen LogP contribution in [0.4, 0.5) is 0 Å². The number of hydrogen-bond acceptors (Lipinski definition) is 5. The third-order valence-electron chi connectivity index (χ3n) is 6.10. The number of carbonyl (C=O) groups is 1. The molecule has 3 unspecified atom stereocenters. The number of likely N-dealkylation sites (N-methyl/N-ethyl adjacent to an activating group) is 1. The van der Waals surface area contributed by atoms with Crippen molar-refractivity contribution in [1.29, 1.82) is 0 Å². The minimum atomic E-state index is -4.32. The highest BCUT2D eigenvalue weighted by atomic mass is 31.2. The number of nitrogens with zero attached hydrogens (tertiary/aromatic N) is 1. The molecule has 9 heteroatoms. The minimum absolute atomic E-state index is 0.0530. The van der Waals surface area contributed by atoms with Gasteiger partial charge in [0.2, 0.25) is 5.91 Å². The van der Waals surface area contributed by atoms with Gasteiger partial charge in [-0.1, -0.05) is 88.8 Å². The van der Waals surface area contributed by atoms with Crippen LogP contribution < -0.4 is 5.32 Å². The van der Waals surface area contributed by atoms with Gasteiger partial charge in [-0.3, -0.25) is 13.8 Å². The summed E-state index contributed by atoms with van der Waals surface area (Å²) in [4.78, 5) is 22.6. The molecular weight excluding hydrogens is 515 g/mol. The third-order valence-corrected chi connectivity index (χ3v) is 7.09. The lowest BCUT2D eigenvalue weighted by atomic mass is 10.1. The molecule has 228 valence electrons. The molecule has 0 aromatic carbocycles. The number of nitrogens with one attached hydrogen (secondary N) is 1. The summed E-state index contributed by atoms with van der Waals surface area (Å²) in [5.74, 6) is -0.205. The zero-order valence-electron chi connectivity index (χ0n) is 25.4. The van der Waals surface area contributed by atoms with Crippen LogP contribution in [0.3, 0.4) is 0 Å². The van der Waals surface area contributed by atoms with E-state index in [-0.39, 0.29) is 19.1 Å². The SMILES string of the molecule is CC/C=C/CC/C=C/CC/C=C/C(O)C(COP(=O)(O)OCC[N+](C)(C)C)NC(=O)CCCCCCCCC. The van der Waals surface area contributed by atoms with E-state index in [0.29, 0.717) is 17.4 Å². The Kier molecular flexibility index (Phi) is 22.7. The fourth-order valence-corrected chi connectivity index (χ4v) is 4.40. The molecule has 0 bridgehead atoms. The zero-order chi connectivity index (χ0) is 29.4. The Labute approximate surface area is 238 Å². The first-order chi connectivity index (χ1) is 18.5. The van der Waals surface area contributed by atoms with E-state index in [4.69, 9.17) is 9.05 Å². The lowest BCUT2D eigenvalue weighted by Gasteiger charge is -2.25. The number of hydrogen-bond donors (Lipinski definition) is 3. The summed E-state index contributed by atoms with van der Waals surface area (Å²) in [5.41, 5.74) is 0. The van der Waals surface area contributed by atoms with Gasteiger partial charge in [0.15, 0.2) is 0 Å². The van der Waals surface area contributed by atoms with Gasteiger partial charge in [0, 0.05) is 6.42 Å². The fourth-order valence-electron chi connectivity index (χ4n) is 3.66. The molecule has 0 aliphatic carbocycles. The second-order valence-corrected chi connectivity index (χ2v) is 12.5. The zero-order valence-corrected chi connectivity index (χ0v) is 26.2. The third kappa shape index (κ3) is 25.4. The molecule has 39 heavy (non-hydrogen) atoms.